The summed E-state index contributed by atoms with van der Waals surface area (Å²) in [5, 5.41) is 35.6. The Balaban J connectivity index is -0.0000000257. The van der Waals surface area contributed by atoms with E-state index in [0.717, 1.165) is 27.7 Å². The molecule has 0 heterocycles. The van der Waals surface area contributed by atoms with E-state index in [0.29, 0.717) is 0 Å². The monoisotopic (exact) mass is 302 g/mol. The van der Waals surface area contributed by atoms with Gasteiger partial charge in [-0.1, -0.05) is 0 Å². The Morgan fingerprint density at radius 2 is 0.556 bits per heavy atom. The molecule has 0 radical (unpaired) electrons. The number of carbonyl (C=O) groups is 4. The molecule has 0 aromatic carbocycles. The van der Waals surface area contributed by atoms with Crippen molar-refractivity contribution in [2.24, 2.45) is 0 Å². The molecule has 0 aliphatic heterocycles. The SMILES string of the molecule is CC(=O)[O-].CC(=O)[O-].CC(=O)[O-].CC(=O)[O-].[Al+3].[K+]. The molecule has 0 atom stereocenters. The van der Waals surface area contributed by atoms with Crippen molar-refractivity contribution in [3.8, 4) is 0 Å². The van der Waals surface area contributed by atoms with Crippen LogP contribution in [0.15, 0.2) is 0 Å². The first-order chi connectivity index (χ1) is 6.93. The van der Waals surface area contributed by atoms with Gasteiger partial charge in [0.25, 0.3) is 0 Å². The molecule has 0 unspecified atom stereocenters. The summed E-state index contributed by atoms with van der Waals surface area (Å²) >= 11 is 0. The Morgan fingerprint density at radius 3 is 0.556 bits per heavy atom. The summed E-state index contributed by atoms with van der Waals surface area (Å²) < 4.78 is 0. The number of rotatable bonds is 0. The third-order valence-electron chi connectivity index (χ3n) is 0. The topological polar surface area (TPSA) is 161 Å². The predicted octanol–water partition coefficient (Wildman–Crippen LogP) is -8.35. The van der Waals surface area contributed by atoms with Crippen molar-refractivity contribution in [1.82, 2.24) is 0 Å². The van der Waals surface area contributed by atoms with Crippen molar-refractivity contribution in [3.63, 3.8) is 0 Å². The molecular formula is C8H12AlKO8. The van der Waals surface area contributed by atoms with Gasteiger partial charge >= 0.3 is 68.7 Å². The maximum absolute atomic E-state index is 8.89. The Morgan fingerprint density at radius 1 is 0.556 bits per heavy atom. The van der Waals surface area contributed by atoms with Crippen LogP contribution in [-0.4, -0.2) is 41.2 Å². The van der Waals surface area contributed by atoms with E-state index in [4.69, 9.17) is 39.6 Å². The number of hydrogen-bond donors (Lipinski definition) is 0. The van der Waals surface area contributed by atoms with Crippen LogP contribution in [0.5, 0.6) is 0 Å². The molecule has 0 aliphatic rings. The quantitative estimate of drug-likeness (QED) is 0.398. The minimum atomic E-state index is -1.08. The molecule has 0 spiro atoms. The maximum atomic E-state index is 8.89. The van der Waals surface area contributed by atoms with E-state index < -0.39 is 23.9 Å². The number of carboxylic acids is 4. The normalized spacial score (nSPS) is 5.56. The first kappa shape index (κ1) is 36.1. The van der Waals surface area contributed by atoms with E-state index in [9.17, 15) is 0 Å². The number of aliphatic carboxylic acids is 4. The van der Waals surface area contributed by atoms with Crippen LogP contribution in [0.4, 0.5) is 0 Å². The van der Waals surface area contributed by atoms with Gasteiger partial charge in [0.2, 0.25) is 0 Å². The molecule has 0 aliphatic carbocycles. The molecule has 0 aromatic heterocycles. The summed E-state index contributed by atoms with van der Waals surface area (Å²) in [6.45, 7) is 3.89. The van der Waals surface area contributed by atoms with E-state index in [2.05, 4.69) is 0 Å². The zero-order valence-electron chi connectivity index (χ0n) is 10.8. The van der Waals surface area contributed by atoms with Crippen molar-refractivity contribution in [3.05, 3.63) is 0 Å². The summed E-state index contributed by atoms with van der Waals surface area (Å²) in [6, 6.07) is 0. The molecule has 0 N–H and O–H groups in total. The molecule has 0 fully saturated rings. The molecule has 0 aromatic rings. The van der Waals surface area contributed by atoms with Crippen molar-refractivity contribution in [2.75, 3.05) is 0 Å². The molecule has 10 heteroatoms. The summed E-state index contributed by atoms with van der Waals surface area (Å²) in [4.78, 5) is 35.6. The van der Waals surface area contributed by atoms with Crippen LogP contribution in [0.3, 0.4) is 0 Å². The van der Waals surface area contributed by atoms with Crippen LogP contribution < -0.4 is 71.8 Å². The molecule has 8 nitrogen and oxygen atoms in total. The molecule has 0 saturated carbocycles. The Hall–Kier alpha value is 0.0488. The minimum Gasteiger partial charge on any atom is -0.550 e. The zero-order valence-corrected chi connectivity index (χ0v) is 15.1. The minimum absolute atomic E-state index is 0. The third kappa shape index (κ3) is 1520000. The average molecular weight is 302 g/mol. The van der Waals surface area contributed by atoms with Gasteiger partial charge in [-0.15, -0.1) is 0 Å². The van der Waals surface area contributed by atoms with Gasteiger partial charge in [0, 0.05) is 23.9 Å². The predicted molar refractivity (Wildman–Crippen MR) is 48.5 cm³/mol. The fraction of sp³-hybridized carbons (Fsp3) is 0.500. The second kappa shape index (κ2) is 30.2. The molecular weight excluding hydrogens is 290 g/mol. The largest absolute Gasteiger partial charge is 3.00 e. The van der Waals surface area contributed by atoms with Crippen LogP contribution in [0.2, 0.25) is 0 Å². The van der Waals surface area contributed by atoms with Gasteiger partial charge in [-0.2, -0.15) is 0 Å². The van der Waals surface area contributed by atoms with Crippen molar-refractivity contribution in [2.45, 2.75) is 27.7 Å². The van der Waals surface area contributed by atoms with Gasteiger partial charge in [0.1, 0.15) is 0 Å². The molecule has 0 amide bonds. The summed E-state index contributed by atoms with van der Waals surface area (Å²) in [6.07, 6.45) is 0. The molecule has 0 rings (SSSR count). The van der Waals surface area contributed by atoms with Crippen LogP contribution >= 0.6 is 0 Å². The Bertz CT molecular complexity index is 167. The Kier molecular flexibility index (Phi) is 60.7. The fourth-order valence-electron chi connectivity index (χ4n) is 0. The smallest absolute Gasteiger partial charge is 0.550 e. The third-order valence-corrected chi connectivity index (χ3v) is 0. The standard InChI is InChI=1S/4C2H4O2.Al.K/c4*1-2(3)4;;/h4*1H3,(H,3,4);;/q;;;;+3;+1/p-4. The second-order valence-corrected chi connectivity index (χ2v) is 1.97. The number of hydrogen-bond acceptors (Lipinski definition) is 8. The van der Waals surface area contributed by atoms with Crippen molar-refractivity contribution < 1.29 is 91.0 Å². The maximum Gasteiger partial charge on any atom is 3.00 e. The molecule has 18 heavy (non-hydrogen) atoms. The number of carboxylic acid groups (broad SMARTS) is 4. The van der Waals surface area contributed by atoms with Crippen LogP contribution in [-0.2, 0) is 19.2 Å². The summed E-state index contributed by atoms with van der Waals surface area (Å²) in [5.74, 6) is -4.33. The fourth-order valence-corrected chi connectivity index (χ4v) is 0. The summed E-state index contributed by atoms with van der Waals surface area (Å²) in [7, 11) is 0. The van der Waals surface area contributed by atoms with Gasteiger partial charge in [-0.05, 0) is 27.7 Å². The summed E-state index contributed by atoms with van der Waals surface area (Å²) in [5.41, 5.74) is 0. The molecule has 0 bridgehead atoms. The van der Waals surface area contributed by atoms with E-state index in [-0.39, 0.29) is 68.7 Å². The van der Waals surface area contributed by atoms with Crippen molar-refractivity contribution >= 4 is 41.2 Å². The van der Waals surface area contributed by atoms with Crippen LogP contribution in [0.25, 0.3) is 0 Å². The molecule has 0 saturated heterocycles. The number of carbonyl (C=O) groups excluding carboxylic acids is 4. The van der Waals surface area contributed by atoms with Gasteiger partial charge in [-0.25, -0.2) is 0 Å². The van der Waals surface area contributed by atoms with Gasteiger partial charge in [0.15, 0.2) is 0 Å². The van der Waals surface area contributed by atoms with Crippen molar-refractivity contribution in [1.29, 1.82) is 0 Å². The van der Waals surface area contributed by atoms with E-state index in [1.165, 1.54) is 0 Å². The zero-order chi connectivity index (χ0) is 14.3. The molecule has 96 valence electrons. The van der Waals surface area contributed by atoms with Crippen LogP contribution in [0.1, 0.15) is 27.7 Å². The van der Waals surface area contributed by atoms with E-state index in [1.54, 1.807) is 0 Å². The first-order valence-electron chi connectivity index (χ1n) is 3.63. The van der Waals surface area contributed by atoms with Crippen LogP contribution in [0, 0.1) is 0 Å². The van der Waals surface area contributed by atoms with Gasteiger partial charge in [-0.3, -0.25) is 0 Å². The Labute approximate surface area is 158 Å². The van der Waals surface area contributed by atoms with E-state index in [1.807, 2.05) is 0 Å². The van der Waals surface area contributed by atoms with Gasteiger partial charge < -0.3 is 39.6 Å². The van der Waals surface area contributed by atoms with Gasteiger partial charge in [0.05, 0.1) is 0 Å². The average Bonchev–Trinajstić information content (AvgIpc) is 1.76. The second-order valence-electron chi connectivity index (χ2n) is 1.97. The van der Waals surface area contributed by atoms with E-state index >= 15 is 0 Å². The first-order valence-corrected chi connectivity index (χ1v) is 3.63.